The molecule has 1 aromatic rings. The Kier molecular flexibility index (Phi) is 4.20. The lowest BCUT2D eigenvalue weighted by atomic mass is 10.1. The molecule has 1 saturated heterocycles. The first kappa shape index (κ1) is 15.5. The van der Waals surface area contributed by atoms with Gasteiger partial charge >= 0.3 is 0 Å². The molecular weight excluding hydrogens is 304 g/mol. The molecule has 1 aromatic carbocycles. The topological polar surface area (TPSA) is 86.7 Å². The number of rotatable bonds is 3. The molecule has 1 aliphatic carbocycles. The highest BCUT2D eigenvalue weighted by Gasteiger charge is 2.33. The van der Waals surface area contributed by atoms with Crippen LogP contribution in [0.3, 0.4) is 0 Å². The largest absolute Gasteiger partial charge is 0.386 e. The van der Waals surface area contributed by atoms with Crippen molar-refractivity contribution in [1.82, 2.24) is 9.62 Å². The lowest BCUT2D eigenvalue weighted by molar-refractivity contribution is -0.122. The maximum atomic E-state index is 12.1. The van der Waals surface area contributed by atoms with E-state index in [2.05, 4.69) is 5.32 Å². The molecule has 0 aromatic heterocycles. The maximum absolute atomic E-state index is 12.1. The molecular formula is C15H20N2O4S. The smallest absolute Gasteiger partial charge is 0.235 e. The Balaban J connectivity index is 1.61. The molecule has 1 amide bonds. The molecule has 7 heteroatoms. The van der Waals surface area contributed by atoms with Gasteiger partial charge in [0.15, 0.2) is 0 Å². The molecule has 0 radical (unpaired) electrons. The van der Waals surface area contributed by atoms with Crippen molar-refractivity contribution < 1.29 is 18.3 Å². The monoisotopic (exact) mass is 324 g/mol. The van der Waals surface area contributed by atoms with Gasteiger partial charge in [-0.15, -0.1) is 0 Å². The summed E-state index contributed by atoms with van der Waals surface area (Å²) < 4.78 is 25.0. The molecule has 6 nitrogen and oxygen atoms in total. The van der Waals surface area contributed by atoms with Gasteiger partial charge in [0.05, 0.1) is 24.4 Å². The third-order valence-electron chi connectivity index (χ3n) is 4.31. The summed E-state index contributed by atoms with van der Waals surface area (Å²) >= 11 is 0. The van der Waals surface area contributed by atoms with Crippen LogP contribution in [0.15, 0.2) is 24.3 Å². The number of nitrogens with one attached hydrogen (secondary N) is 1. The number of carbonyl (C=O) groups excluding carboxylic acids is 1. The van der Waals surface area contributed by atoms with Gasteiger partial charge in [0.25, 0.3) is 0 Å². The maximum Gasteiger partial charge on any atom is 0.235 e. The first-order chi connectivity index (χ1) is 10.5. The van der Waals surface area contributed by atoms with E-state index in [1.54, 1.807) is 0 Å². The molecule has 0 bridgehead atoms. The van der Waals surface area contributed by atoms with Crippen molar-refractivity contribution in [3.63, 3.8) is 0 Å². The number of aliphatic hydroxyl groups excluding tert-OH is 1. The zero-order valence-electron chi connectivity index (χ0n) is 12.2. The van der Waals surface area contributed by atoms with E-state index in [9.17, 15) is 18.3 Å². The molecule has 1 heterocycles. The van der Waals surface area contributed by atoms with Crippen LogP contribution in [-0.2, 0) is 21.2 Å². The summed E-state index contributed by atoms with van der Waals surface area (Å²) in [7, 11) is -3.31. The van der Waals surface area contributed by atoms with E-state index in [0.717, 1.165) is 17.5 Å². The summed E-state index contributed by atoms with van der Waals surface area (Å²) in [5.74, 6) is -0.250. The number of benzene rings is 1. The molecule has 0 unspecified atom stereocenters. The zero-order valence-corrected chi connectivity index (χ0v) is 13.1. The second-order valence-corrected chi connectivity index (χ2v) is 7.97. The Bertz CT molecular complexity index is 674. The van der Waals surface area contributed by atoms with Gasteiger partial charge in [0.2, 0.25) is 15.9 Å². The molecule has 2 N–H and O–H groups in total. The number of fused-ring (bicyclic) bond motifs is 1. The fraction of sp³-hybridized carbons (Fsp3) is 0.533. The number of sulfonamides is 1. The molecule has 120 valence electrons. The van der Waals surface area contributed by atoms with Gasteiger partial charge in [0.1, 0.15) is 0 Å². The van der Waals surface area contributed by atoms with Crippen LogP contribution >= 0.6 is 0 Å². The zero-order chi connectivity index (χ0) is 15.7. The molecule has 1 aliphatic heterocycles. The van der Waals surface area contributed by atoms with Gasteiger partial charge < -0.3 is 10.4 Å². The van der Waals surface area contributed by atoms with E-state index < -0.39 is 22.2 Å². The summed E-state index contributed by atoms with van der Waals surface area (Å²) in [4.78, 5) is 12.1. The van der Waals surface area contributed by atoms with Crippen molar-refractivity contribution in [2.24, 2.45) is 0 Å². The van der Waals surface area contributed by atoms with Crippen LogP contribution in [0.25, 0.3) is 0 Å². The number of hydrogen-bond acceptors (Lipinski definition) is 4. The van der Waals surface area contributed by atoms with Gasteiger partial charge in [-0.1, -0.05) is 24.3 Å². The Hall–Kier alpha value is -1.44. The van der Waals surface area contributed by atoms with Crippen molar-refractivity contribution >= 4 is 15.9 Å². The number of amides is 1. The second-order valence-electron chi connectivity index (χ2n) is 5.88. The van der Waals surface area contributed by atoms with Crippen LogP contribution in [-0.4, -0.2) is 48.6 Å². The van der Waals surface area contributed by atoms with Gasteiger partial charge in [-0.3, -0.25) is 4.79 Å². The molecule has 1 fully saturated rings. The summed E-state index contributed by atoms with van der Waals surface area (Å²) in [6, 6.07) is 7.14. The van der Waals surface area contributed by atoms with Crippen LogP contribution in [0.1, 0.15) is 30.1 Å². The Morgan fingerprint density at radius 2 is 2.09 bits per heavy atom. The highest BCUT2D eigenvalue weighted by molar-refractivity contribution is 7.89. The van der Waals surface area contributed by atoms with Crippen LogP contribution in [0, 0.1) is 0 Å². The molecule has 2 aliphatic rings. The fourth-order valence-corrected chi connectivity index (χ4v) is 4.68. The first-order valence-corrected chi connectivity index (χ1v) is 9.11. The van der Waals surface area contributed by atoms with Crippen molar-refractivity contribution in [2.45, 2.75) is 31.4 Å². The Morgan fingerprint density at radius 3 is 2.82 bits per heavy atom. The second kappa shape index (κ2) is 5.98. The van der Waals surface area contributed by atoms with Crippen molar-refractivity contribution in [3.05, 3.63) is 35.4 Å². The van der Waals surface area contributed by atoms with E-state index in [0.29, 0.717) is 19.4 Å². The minimum atomic E-state index is -3.31. The van der Waals surface area contributed by atoms with Crippen LogP contribution < -0.4 is 5.32 Å². The third-order valence-corrected chi connectivity index (χ3v) is 6.22. The van der Waals surface area contributed by atoms with Crippen molar-refractivity contribution in [3.8, 4) is 0 Å². The summed E-state index contributed by atoms with van der Waals surface area (Å²) in [5, 5.41) is 13.0. The van der Waals surface area contributed by atoms with Crippen LogP contribution in [0.5, 0.6) is 0 Å². The number of nitrogens with zero attached hydrogens (tertiary/aromatic N) is 1. The van der Waals surface area contributed by atoms with E-state index >= 15 is 0 Å². The molecule has 0 spiro atoms. The number of aliphatic hydroxyl groups is 1. The average molecular weight is 324 g/mol. The standard InChI is InChI=1S/C15H20N2O4S/c18-14(10-17-7-3-4-8-22(17,20)21)16-13-9-11-5-1-2-6-12(11)15(13)19/h1-2,5-6,13,15,19H,3-4,7-10H2,(H,16,18)/t13-,15-/m1/s1. The number of carbonyl (C=O) groups is 1. The van der Waals surface area contributed by atoms with E-state index in [1.165, 1.54) is 4.31 Å². The first-order valence-electron chi connectivity index (χ1n) is 7.50. The van der Waals surface area contributed by atoms with E-state index in [4.69, 9.17) is 0 Å². The SMILES string of the molecule is O=C(CN1CCCCS1(=O)=O)N[C@@H]1Cc2ccccc2[C@H]1O. The molecule has 2 atom stereocenters. The normalized spacial score (nSPS) is 27.3. The molecule has 3 rings (SSSR count). The quantitative estimate of drug-likeness (QED) is 0.831. The summed E-state index contributed by atoms with van der Waals surface area (Å²) in [5.41, 5.74) is 1.85. The highest BCUT2D eigenvalue weighted by Crippen LogP contribution is 2.30. The van der Waals surface area contributed by atoms with Gasteiger partial charge in [-0.05, 0) is 30.4 Å². The van der Waals surface area contributed by atoms with Crippen LogP contribution in [0.4, 0.5) is 0 Å². The predicted molar refractivity (Wildman–Crippen MR) is 81.6 cm³/mol. The fourth-order valence-electron chi connectivity index (χ4n) is 3.13. The average Bonchev–Trinajstić information content (AvgIpc) is 2.78. The van der Waals surface area contributed by atoms with E-state index in [-0.39, 0.29) is 18.2 Å². The third kappa shape index (κ3) is 3.02. The lowest BCUT2D eigenvalue weighted by Gasteiger charge is -2.26. The summed E-state index contributed by atoms with van der Waals surface area (Å²) in [6.45, 7) is 0.227. The van der Waals surface area contributed by atoms with Gasteiger partial charge in [-0.25, -0.2) is 8.42 Å². The highest BCUT2D eigenvalue weighted by atomic mass is 32.2. The van der Waals surface area contributed by atoms with Gasteiger partial charge in [0, 0.05) is 6.54 Å². The minimum absolute atomic E-state index is 0.109. The Morgan fingerprint density at radius 1 is 1.32 bits per heavy atom. The van der Waals surface area contributed by atoms with E-state index in [1.807, 2.05) is 24.3 Å². The van der Waals surface area contributed by atoms with Crippen LogP contribution in [0.2, 0.25) is 0 Å². The molecule has 0 saturated carbocycles. The van der Waals surface area contributed by atoms with Crippen molar-refractivity contribution in [2.75, 3.05) is 18.8 Å². The van der Waals surface area contributed by atoms with Crippen molar-refractivity contribution in [1.29, 1.82) is 0 Å². The summed E-state index contributed by atoms with van der Waals surface area (Å²) in [6.07, 6.45) is 1.26. The Labute approximate surface area is 130 Å². The minimum Gasteiger partial charge on any atom is -0.386 e. The number of hydrogen-bond donors (Lipinski definition) is 2. The molecule has 22 heavy (non-hydrogen) atoms. The lowest BCUT2D eigenvalue weighted by Crippen LogP contribution is -2.47. The van der Waals surface area contributed by atoms with Gasteiger partial charge in [-0.2, -0.15) is 4.31 Å². The predicted octanol–water partition coefficient (Wildman–Crippen LogP) is 0.187.